The van der Waals surface area contributed by atoms with Crippen LogP contribution in [0.5, 0.6) is 0 Å². The fraction of sp³-hybridized carbons (Fsp3) is 0.562. The highest BCUT2D eigenvalue weighted by atomic mass is 16.5. The van der Waals surface area contributed by atoms with Crippen molar-refractivity contribution in [3.8, 4) is 0 Å². The Hall–Kier alpha value is -1.39. The van der Waals surface area contributed by atoms with Gasteiger partial charge in [0, 0.05) is 25.6 Å². The van der Waals surface area contributed by atoms with Crippen LogP contribution >= 0.6 is 0 Å². The molecule has 0 aromatic heterocycles. The summed E-state index contributed by atoms with van der Waals surface area (Å²) in [6.45, 7) is 7.56. The number of hydrogen-bond donors (Lipinski definition) is 2. The number of ether oxygens (including phenoxy) is 1. The van der Waals surface area contributed by atoms with Gasteiger partial charge in [-0.3, -0.25) is 4.79 Å². The summed E-state index contributed by atoms with van der Waals surface area (Å²) < 4.78 is 5.56. The second-order valence-corrected chi connectivity index (χ2v) is 4.89. The molecule has 0 aliphatic carbocycles. The molecule has 1 atom stereocenters. The second-order valence-electron chi connectivity index (χ2n) is 4.89. The second kappa shape index (κ2) is 10.4. The third-order valence-electron chi connectivity index (χ3n) is 3.02. The fourth-order valence-electron chi connectivity index (χ4n) is 1.78. The van der Waals surface area contributed by atoms with Gasteiger partial charge in [0.15, 0.2) is 0 Å². The Morgan fingerprint density at radius 3 is 2.75 bits per heavy atom. The zero-order chi connectivity index (χ0) is 14.6. The van der Waals surface area contributed by atoms with Crippen LogP contribution in [-0.4, -0.2) is 32.1 Å². The van der Waals surface area contributed by atoms with Gasteiger partial charge in [-0.25, -0.2) is 0 Å². The van der Waals surface area contributed by atoms with Gasteiger partial charge < -0.3 is 15.4 Å². The molecule has 1 rings (SSSR count). The zero-order valence-corrected chi connectivity index (χ0v) is 12.5. The monoisotopic (exact) mass is 278 g/mol. The number of rotatable bonds is 10. The molecule has 0 bridgehead atoms. The molecule has 0 radical (unpaired) electrons. The van der Waals surface area contributed by atoms with E-state index in [1.165, 1.54) is 5.56 Å². The number of benzene rings is 1. The summed E-state index contributed by atoms with van der Waals surface area (Å²) in [5, 5.41) is 6.10. The molecule has 4 heteroatoms. The van der Waals surface area contributed by atoms with Crippen LogP contribution in [0.1, 0.15) is 25.8 Å². The molecule has 20 heavy (non-hydrogen) atoms. The third kappa shape index (κ3) is 7.26. The summed E-state index contributed by atoms with van der Waals surface area (Å²) in [4.78, 5) is 11.7. The molecule has 0 aliphatic rings. The minimum absolute atomic E-state index is 0.0141. The molecule has 0 saturated heterocycles. The molecule has 0 fully saturated rings. The van der Waals surface area contributed by atoms with Crippen molar-refractivity contribution in [2.45, 2.75) is 26.9 Å². The van der Waals surface area contributed by atoms with E-state index in [0.717, 1.165) is 19.5 Å². The lowest BCUT2D eigenvalue weighted by Crippen LogP contribution is -2.36. The molecule has 1 aromatic rings. The lowest BCUT2D eigenvalue weighted by Gasteiger charge is -2.12. The first-order valence-corrected chi connectivity index (χ1v) is 7.34. The summed E-state index contributed by atoms with van der Waals surface area (Å²) in [6.07, 6.45) is 0.840. The SMILES string of the molecule is CCNCC(C)C(=O)NCCCOCc1ccccc1. The topological polar surface area (TPSA) is 50.4 Å². The van der Waals surface area contributed by atoms with Crippen LogP contribution in [0.3, 0.4) is 0 Å². The van der Waals surface area contributed by atoms with E-state index in [1.807, 2.05) is 44.2 Å². The molecule has 1 unspecified atom stereocenters. The van der Waals surface area contributed by atoms with Crippen molar-refractivity contribution >= 4 is 5.91 Å². The van der Waals surface area contributed by atoms with E-state index in [1.54, 1.807) is 0 Å². The molecular formula is C16H26N2O2. The van der Waals surface area contributed by atoms with Gasteiger partial charge in [-0.05, 0) is 18.5 Å². The van der Waals surface area contributed by atoms with Crippen LogP contribution in [0.4, 0.5) is 0 Å². The summed E-state index contributed by atoms with van der Waals surface area (Å²) in [5.41, 5.74) is 1.18. The largest absolute Gasteiger partial charge is 0.377 e. The van der Waals surface area contributed by atoms with Crippen molar-refractivity contribution in [3.05, 3.63) is 35.9 Å². The van der Waals surface area contributed by atoms with Gasteiger partial charge in [0.2, 0.25) is 5.91 Å². The Kier molecular flexibility index (Phi) is 8.67. The van der Waals surface area contributed by atoms with E-state index >= 15 is 0 Å². The lowest BCUT2D eigenvalue weighted by atomic mass is 10.1. The van der Waals surface area contributed by atoms with Gasteiger partial charge in [0.25, 0.3) is 0 Å². The van der Waals surface area contributed by atoms with E-state index in [-0.39, 0.29) is 11.8 Å². The van der Waals surface area contributed by atoms with Gasteiger partial charge >= 0.3 is 0 Å². The molecule has 0 heterocycles. The van der Waals surface area contributed by atoms with Crippen LogP contribution in [-0.2, 0) is 16.1 Å². The molecule has 0 spiro atoms. The van der Waals surface area contributed by atoms with Crippen molar-refractivity contribution in [3.63, 3.8) is 0 Å². The summed E-state index contributed by atoms with van der Waals surface area (Å²) in [5.74, 6) is 0.120. The predicted octanol–water partition coefficient (Wildman–Crippen LogP) is 1.96. The number of carbonyl (C=O) groups is 1. The van der Waals surface area contributed by atoms with Crippen molar-refractivity contribution in [2.24, 2.45) is 5.92 Å². The van der Waals surface area contributed by atoms with Gasteiger partial charge in [0.05, 0.1) is 6.61 Å². The van der Waals surface area contributed by atoms with E-state index in [9.17, 15) is 4.79 Å². The van der Waals surface area contributed by atoms with Crippen LogP contribution < -0.4 is 10.6 Å². The summed E-state index contributed by atoms with van der Waals surface area (Å²) in [7, 11) is 0. The zero-order valence-electron chi connectivity index (χ0n) is 12.5. The minimum atomic E-state index is 0.0141. The number of amides is 1. The maximum Gasteiger partial charge on any atom is 0.224 e. The fourth-order valence-corrected chi connectivity index (χ4v) is 1.78. The van der Waals surface area contributed by atoms with Gasteiger partial charge in [0.1, 0.15) is 0 Å². The molecule has 0 aliphatic heterocycles. The van der Waals surface area contributed by atoms with Crippen molar-refractivity contribution in [2.75, 3.05) is 26.2 Å². The highest BCUT2D eigenvalue weighted by Gasteiger charge is 2.10. The lowest BCUT2D eigenvalue weighted by molar-refractivity contribution is -0.124. The highest BCUT2D eigenvalue weighted by molar-refractivity contribution is 5.78. The quantitative estimate of drug-likeness (QED) is 0.643. The van der Waals surface area contributed by atoms with E-state index in [2.05, 4.69) is 10.6 Å². The highest BCUT2D eigenvalue weighted by Crippen LogP contribution is 2.00. The Balaban J connectivity index is 2.00. The average molecular weight is 278 g/mol. The van der Waals surface area contributed by atoms with Gasteiger partial charge in [-0.1, -0.05) is 44.2 Å². The Labute approximate surface area is 121 Å². The molecule has 1 aromatic carbocycles. The van der Waals surface area contributed by atoms with Crippen LogP contribution in [0.2, 0.25) is 0 Å². The van der Waals surface area contributed by atoms with Crippen molar-refractivity contribution in [1.29, 1.82) is 0 Å². The smallest absolute Gasteiger partial charge is 0.224 e. The average Bonchev–Trinajstić information content (AvgIpc) is 2.49. The maximum atomic E-state index is 11.7. The Morgan fingerprint density at radius 1 is 1.30 bits per heavy atom. The first-order valence-electron chi connectivity index (χ1n) is 7.34. The molecular weight excluding hydrogens is 252 g/mol. The number of nitrogens with one attached hydrogen (secondary N) is 2. The molecule has 1 amide bonds. The van der Waals surface area contributed by atoms with E-state index in [0.29, 0.717) is 19.8 Å². The Morgan fingerprint density at radius 2 is 2.05 bits per heavy atom. The predicted molar refractivity (Wildman–Crippen MR) is 81.4 cm³/mol. The van der Waals surface area contributed by atoms with Crippen molar-refractivity contribution < 1.29 is 9.53 Å². The van der Waals surface area contributed by atoms with Gasteiger partial charge in [-0.2, -0.15) is 0 Å². The van der Waals surface area contributed by atoms with Gasteiger partial charge in [-0.15, -0.1) is 0 Å². The minimum Gasteiger partial charge on any atom is -0.377 e. The number of carbonyl (C=O) groups excluding carboxylic acids is 1. The number of hydrogen-bond acceptors (Lipinski definition) is 3. The first-order chi connectivity index (χ1) is 9.74. The molecule has 4 nitrogen and oxygen atoms in total. The van der Waals surface area contributed by atoms with Crippen LogP contribution in [0.25, 0.3) is 0 Å². The van der Waals surface area contributed by atoms with Crippen molar-refractivity contribution in [1.82, 2.24) is 10.6 Å². The normalized spacial score (nSPS) is 12.1. The summed E-state index contributed by atoms with van der Waals surface area (Å²) in [6, 6.07) is 10.1. The summed E-state index contributed by atoms with van der Waals surface area (Å²) >= 11 is 0. The molecule has 112 valence electrons. The van der Waals surface area contributed by atoms with Crippen LogP contribution in [0.15, 0.2) is 30.3 Å². The van der Waals surface area contributed by atoms with Crippen LogP contribution in [0, 0.1) is 5.92 Å². The van der Waals surface area contributed by atoms with E-state index in [4.69, 9.17) is 4.74 Å². The molecule has 0 saturated carbocycles. The maximum absolute atomic E-state index is 11.7. The van der Waals surface area contributed by atoms with E-state index < -0.39 is 0 Å². The standard InChI is InChI=1S/C16H26N2O2/c1-3-17-12-14(2)16(19)18-10-7-11-20-13-15-8-5-4-6-9-15/h4-6,8-9,14,17H,3,7,10-13H2,1-2H3,(H,18,19). The Bertz CT molecular complexity index is 368. The third-order valence-corrected chi connectivity index (χ3v) is 3.02. The molecule has 2 N–H and O–H groups in total. The first kappa shape index (κ1) is 16.7.